The lowest BCUT2D eigenvalue weighted by atomic mass is 10.0. The molecule has 122 valence electrons. The summed E-state index contributed by atoms with van der Waals surface area (Å²) in [6, 6.07) is 8.93. The number of aliphatic imine (C=N–C) groups is 1. The summed E-state index contributed by atoms with van der Waals surface area (Å²) in [5.41, 5.74) is 8.38. The third-order valence-electron chi connectivity index (χ3n) is 4.45. The third kappa shape index (κ3) is 4.73. The maximum Gasteiger partial charge on any atom is 0.193 e. The smallest absolute Gasteiger partial charge is 0.193 e. The zero-order valence-corrected chi connectivity index (χ0v) is 14.2. The number of hydrogen-bond acceptors (Lipinski definition) is 2. The second kappa shape index (κ2) is 8.18. The van der Waals surface area contributed by atoms with Crippen LogP contribution in [0.1, 0.15) is 51.5 Å². The fourth-order valence-electron chi connectivity index (χ4n) is 3.05. The second-order valence-electron chi connectivity index (χ2n) is 6.41. The molecule has 1 aromatic rings. The summed E-state index contributed by atoms with van der Waals surface area (Å²) in [4.78, 5) is 7.07. The quantitative estimate of drug-likeness (QED) is 0.647. The molecule has 1 heterocycles. The van der Waals surface area contributed by atoms with Crippen LogP contribution >= 0.6 is 0 Å². The molecule has 1 unspecified atom stereocenters. The lowest BCUT2D eigenvalue weighted by Gasteiger charge is -2.33. The number of rotatable bonds is 5. The molecule has 1 aliphatic rings. The highest BCUT2D eigenvalue weighted by atomic mass is 15.2. The van der Waals surface area contributed by atoms with Gasteiger partial charge in [0, 0.05) is 11.7 Å². The zero-order chi connectivity index (χ0) is 15.9. The van der Waals surface area contributed by atoms with Crippen LogP contribution in [0.4, 0.5) is 5.69 Å². The summed E-state index contributed by atoms with van der Waals surface area (Å²) in [7, 11) is 0. The normalized spacial score (nSPS) is 20.4. The van der Waals surface area contributed by atoms with Gasteiger partial charge >= 0.3 is 0 Å². The van der Waals surface area contributed by atoms with Crippen LogP contribution in [0.15, 0.2) is 29.3 Å². The first-order valence-corrected chi connectivity index (χ1v) is 8.51. The van der Waals surface area contributed by atoms with Crippen LogP contribution in [-0.2, 0) is 0 Å². The van der Waals surface area contributed by atoms with Crippen LogP contribution in [0.2, 0.25) is 0 Å². The van der Waals surface area contributed by atoms with Gasteiger partial charge in [-0.2, -0.15) is 0 Å². The molecular formula is C18H30N4. The molecule has 0 amide bonds. The van der Waals surface area contributed by atoms with Gasteiger partial charge < -0.3 is 11.1 Å². The lowest BCUT2D eigenvalue weighted by molar-refractivity contribution is 0.161. The van der Waals surface area contributed by atoms with Crippen molar-refractivity contribution >= 4 is 11.6 Å². The van der Waals surface area contributed by atoms with Gasteiger partial charge in [0.05, 0.1) is 6.54 Å². The van der Waals surface area contributed by atoms with E-state index in [1.165, 1.54) is 31.4 Å². The molecule has 0 spiro atoms. The molecule has 3 N–H and O–H groups in total. The van der Waals surface area contributed by atoms with Gasteiger partial charge in [-0.1, -0.05) is 39.3 Å². The Balaban J connectivity index is 1.93. The zero-order valence-electron chi connectivity index (χ0n) is 14.2. The van der Waals surface area contributed by atoms with E-state index >= 15 is 0 Å². The van der Waals surface area contributed by atoms with E-state index in [-0.39, 0.29) is 0 Å². The Labute approximate surface area is 134 Å². The molecule has 1 fully saturated rings. The van der Waals surface area contributed by atoms with Crippen LogP contribution < -0.4 is 11.1 Å². The number of guanidine groups is 1. The molecule has 22 heavy (non-hydrogen) atoms. The van der Waals surface area contributed by atoms with Gasteiger partial charge in [0.1, 0.15) is 0 Å². The first-order chi connectivity index (χ1) is 10.6. The lowest BCUT2D eigenvalue weighted by Crippen LogP contribution is -2.41. The van der Waals surface area contributed by atoms with E-state index in [9.17, 15) is 0 Å². The van der Waals surface area contributed by atoms with Crippen molar-refractivity contribution in [1.29, 1.82) is 0 Å². The maximum atomic E-state index is 6.06. The number of likely N-dealkylation sites (N-methyl/N-ethyl adjacent to an activating group) is 1. The molecule has 1 atom stereocenters. The minimum atomic E-state index is 0.514. The third-order valence-corrected chi connectivity index (χ3v) is 4.45. The summed E-state index contributed by atoms with van der Waals surface area (Å²) >= 11 is 0. The van der Waals surface area contributed by atoms with Gasteiger partial charge in [-0.3, -0.25) is 9.89 Å². The highest BCUT2D eigenvalue weighted by Crippen LogP contribution is 2.19. The molecule has 0 bridgehead atoms. The maximum absolute atomic E-state index is 6.06. The highest BCUT2D eigenvalue weighted by Gasteiger charge is 2.20. The molecule has 0 saturated carbocycles. The summed E-state index contributed by atoms with van der Waals surface area (Å²) < 4.78 is 0. The SMILES string of the molecule is CCN1CCCCC1CN=C(N)Nc1cccc(C(C)C)c1. The van der Waals surface area contributed by atoms with Gasteiger partial charge in [0.2, 0.25) is 0 Å². The van der Waals surface area contributed by atoms with Gasteiger partial charge in [0.25, 0.3) is 0 Å². The Bertz CT molecular complexity index is 496. The second-order valence-corrected chi connectivity index (χ2v) is 6.41. The van der Waals surface area contributed by atoms with Crippen LogP contribution in [-0.4, -0.2) is 36.5 Å². The van der Waals surface area contributed by atoms with Crippen molar-refractivity contribution in [2.75, 3.05) is 25.0 Å². The average Bonchev–Trinajstić information content (AvgIpc) is 2.53. The van der Waals surface area contributed by atoms with Gasteiger partial charge in [-0.15, -0.1) is 0 Å². The van der Waals surface area contributed by atoms with Crippen molar-refractivity contribution in [2.45, 2.75) is 52.0 Å². The summed E-state index contributed by atoms with van der Waals surface area (Å²) in [5.74, 6) is 1.03. The molecular weight excluding hydrogens is 272 g/mol. The van der Waals surface area contributed by atoms with E-state index in [2.05, 4.69) is 54.2 Å². The van der Waals surface area contributed by atoms with Crippen molar-refractivity contribution in [2.24, 2.45) is 10.7 Å². The Kier molecular flexibility index (Phi) is 6.25. The van der Waals surface area contributed by atoms with Crippen molar-refractivity contribution < 1.29 is 0 Å². The molecule has 4 nitrogen and oxygen atoms in total. The van der Waals surface area contributed by atoms with E-state index < -0.39 is 0 Å². The molecule has 1 saturated heterocycles. The van der Waals surface area contributed by atoms with Crippen molar-refractivity contribution in [3.63, 3.8) is 0 Å². The van der Waals surface area contributed by atoms with Crippen molar-refractivity contribution in [1.82, 2.24) is 4.90 Å². The Morgan fingerprint density at radius 1 is 1.41 bits per heavy atom. The molecule has 1 aliphatic heterocycles. The summed E-state index contributed by atoms with van der Waals surface area (Å²) in [6.45, 7) is 9.69. The number of anilines is 1. The monoisotopic (exact) mass is 302 g/mol. The van der Waals surface area contributed by atoms with Gasteiger partial charge in [0.15, 0.2) is 5.96 Å². The van der Waals surface area contributed by atoms with Gasteiger partial charge in [-0.05, 0) is 49.5 Å². The average molecular weight is 302 g/mol. The summed E-state index contributed by atoms with van der Waals surface area (Å²) in [6.07, 6.45) is 3.84. The van der Waals surface area contributed by atoms with E-state index in [1.807, 2.05) is 6.07 Å². The summed E-state index contributed by atoms with van der Waals surface area (Å²) in [5, 5.41) is 3.22. The number of nitrogens with zero attached hydrogens (tertiary/aromatic N) is 2. The molecule has 0 aromatic heterocycles. The number of hydrogen-bond donors (Lipinski definition) is 2. The Hall–Kier alpha value is -1.55. The van der Waals surface area contributed by atoms with Crippen molar-refractivity contribution in [3.05, 3.63) is 29.8 Å². The minimum Gasteiger partial charge on any atom is -0.370 e. The predicted molar refractivity (Wildman–Crippen MR) is 95.5 cm³/mol. The Morgan fingerprint density at radius 3 is 2.95 bits per heavy atom. The predicted octanol–water partition coefficient (Wildman–Crippen LogP) is 3.41. The van der Waals surface area contributed by atoms with E-state index in [0.29, 0.717) is 17.9 Å². The number of piperidine rings is 1. The van der Waals surface area contributed by atoms with Crippen LogP contribution in [0.3, 0.4) is 0 Å². The van der Waals surface area contributed by atoms with Crippen LogP contribution in [0, 0.1) is 0 Å². The topological polar surface area (TPSA) is 53.6 Å². The molecule has 0 radical (unpaired) electrons. The van der Waals surface area contributed by atoms with Crippen LogP contribution in [0.5, 0.6) is 0 Å². The number of nitrogens with two attached hydrogens (primary N) is 1. The highest BCUT2D eigenvalue weighted by molar-refractivity contribution is 5.92. The van der Waals surface area contributed by atoms with E-state index in [4.69, 9.17) is 5.73 Å². The van der Waals surface area contributed by atoms with Crippen LogP contribution in [0.25, 0.3) is 0 Å². The largest absolute Gasteiger partial charge is 0.370 e. The first-order valence-electron chi connectivity index (χ1n) is 8.51. The number of benzene rings is 1. The number of likely N-dealkylation sites (tertiary alicyclic amines) is 1. The van der Waals surface area contributed by atoms with E-state index in [1.54, 1.807) is 0 Å². The number of nitrogens with one attached hydrogen (secondary N) is 1. The molecule has 2 rings (SSSR count). The molecule has 1 aromatic carbocycles. The standard InChI is InChI=1S/C18H30N4/c1-4-22-11-6-5-10-17(22)13-20-18(19)21-16-9-7-8-15(12-16)14(2)3/h7-9,12,14,17H,4-6,10-11,13H2,1-3H3,(H3,19,20,21). The van der Waals surface area contributed by atoms with E-state index in [0.717, 1.165) is 18.8 Å². The Morgan fingerprint density at radius 2 is 2.23 bits per heavy atom. The minimum absolute atomic E-state index is 0.514. The molecule has 0 aliphatic carbocycles. The van der Waals surface area contributed by atoms with Crippen molar-refractivity contribution in [3.8, 4) is 0 Å². The molecule has 4 heteroatoms. The fraction of sp³-hybridized carbons (Fsp3) is 0.611. The first kappa shape index (κ1) is 16.8. The van der Waals surface area contributed by atoms with Gasteiger partial charge in [-0.25, -0.2) is 0 Å². The fourth-order valence-corrected chi connectivity index (χ4v) is 3.05.